The van der Waals surface area contributed by atoms with Crippen LogP contribution in [0, 0.1) is 11.7 Å². The second-order valence-corrected chi connectivity index (χ2v) is 7.02. The Hall–Kier alpha value is -3.76. The first-order valence-electron chi connectivity index (χ1n) is 10.6. The predicted molar refractivity (Wildman–Crippen MR) is 121 cm³/mol. The molecule has 0 bridgehead atoms. The van der Waals surface area contributed by atoms with Crippen LogP contribution in [0.25, 0.3) is 11.1 Å². The van der Waals surface area contributed by atoms with Crippen molar-refractivity contribution < 1.29 is 23.5 Å². The zero-order valence-electron chi connectivity index (χ0n) is 18.7. The molecule has 11 heteroatoms. The van der Waals surface area contributed by atoms with E-state index < -0.39 is 17.9 Å². The maximum absolute atomic E-state index is 14.8. The van der Waals surface area contributed by atoms with Crippen molar-refractivity contribution in [3.63, 3.8) is 0 Å². The minimum absolute atomic E-state index is 0.152. The lowest BCUT2D eigenvalue weighted by molar-refractivity contribution is -0.119. The predicted octanol–water partition coefficient (Wildman–Crippen LogP) is 2.47. The van der Waals surface area contributed by atoms with Gasteiger partial charge in [-0.1, -0.05) is 32.0 Å². The topological polar surface area (TPSA) is 146 Å². The van der Waals surface area contributed by atoms with E-state index in [1.165, 1.54) is 18.5 Å². The van der Waals surface area contributed by atoms with Crippen LogP contribution in [0.1, 0.15) is 32.3 Å². The molecule has 1 aliphatic heterocycles. The van der Waals surface area contributed by atoms with E-state index in [2.05, 4.69) is 15.0 Å². The third-order valence-corrected chi connectivity index (χ3v) is 4.84. The quantitative estimate of drug-likeness (QED) is 0.364. The van der Waals surface area contributed by atoms with Gasteiger partial charge in [-0.15, -0.1) is 4.99 Å². The molecule has 3 rings (SSSR count). The minimum atomic E-state index is -1.01. The molecule has 33 heavy (non-hydrogen) atoms. The molecular formula is C22H29FN6O4. The van der Waals surface area contributed by atoms with E-state index in [1.807, 2.05) is 13.8 Å². The number of hydrogen-bond acceptors (Lipinski definition) is 6. The molecule has 0 saturated carbocycles. The molecule has 1 saturated heterocycles. The van der Waals surface area contributed by atoms with Gasteiger partial charge in [0.2, 0.25) is 6.41 Å². The maximum atomic E-state index is 14.8. The molecule has 1 aromatic heterocycles. The Morgan fingerprint density at radius 1 is 1.24 bits per heavy atom. The van der Waals surface area contributed by atoms with Gasteiger partial charge in [0, 0.05) is 42.2 Å². The number of halogens is 1. The van der Waals surface area contributed by atoms with Gasteiger partial charge < -0.3 is 25.8 Å². The van der Waals surface area contributed by atoms with Gasteiger partial charge in [-0.3, -0.25) is 4.79 Å². The summed E-state index contributed by atoms with van der Waals surface area (Å²) in [6.45, 7) is 5.56. The molecule has 10 nitrogen and oxygen atoms in total. The summed E-state index contributed by atoms with van der Waals surface area (Å²) in [5.41, 5.74) is 11.0. The van der Waals surface area contributed by atoms with E-state index in [0.717, 1.165) is 19.3 Å². The zero-order valence-corrected chi connectivity index (χ0v) is 18.7. The molecule has 4 N–H and O–H groups in total. The summed E-state index contributed by atoms with van der Waals surface area (Å²) < 4.78 is 25.3. The number of carbonyl (C=O) groups excluding carboxylic acids is 2. The first-order chi connectivity index (χ1) is 16.0. The Kier molecular flexibility index (Phi) is 10.00. The Bertz CT molecular complexity index is 942. The molecule has 1 aromatic carbocycles. The van der Waals surface area contributed by atoms with Crippen molar-refractivity contribution in [1.82, 2.24) is 14.9 Å². The van der Waals surface area contributed by atoms with Crippen LogP contribution in [0.4, 0.5) is 9.18 Å². The molecule has 1 aliphatic rings. The normalized spacial score (nSPS) is 13.4. The van der Waals surface area contributed by atoms with Crippen molar-refractivity contribution in [3.05, 3.63) is 42.0 Å². The fourth-order valence-electron chi connectivity index (χ4n) is 3.14. The van der Waals surface area contributed by atoms with Crippen LogP contribution in [0.5, 0.6) is 6.01 Å². The second-order valence-electron chi connectivity index (χ2n) is 7.02. The van der Waals surface area contributed by atoms with Crippen LogP contribution in [0.3, 0.4) is 0 Å². The number of rotatable bonds is 7. The Labute approximate surface area is 191 Å². The number of ether oxygens (including phenoxy) is 2. The lowest BCUT2D eigenvalue weighted by Gasteiger charge is -2.28. The third kappa shape index (κ3) is 7.70. The van der Waals surface area contributed by atoms with Crippen LogP contribution in [-0.4, -0.2) is 53.0 Å². The van der Waals surface area contributed by atoms with Crippen LogP contribution in [-0.2, 0) is 16.1 Å². The molecule has 178 valence electrons. The van der Waals surface area contributed by atoms with Gasteiger partial charge in [0.1, 0.15) is 12.4 Å². The van der Waals surface area contributed by atoms with Crippen molar-refractivity contribution in [1.29, 1.82) is 0 Å². The number of hydrogen-bond donors (Lipinski definition) is 2. The van der Waals surface area contributed by atoms with E-state index >= 15 is 0 Å². The highest BCUT2D eigenvalue weighted by molar-refractivity contribution is 5.87. The van der Waals surface area contributed by atoms with Gasteiger partial charge in [-0.2, -0.15) is 0 Å². The van der Waals surface area contributed by atoms with E-state index in [4.69, 9.17) is 20.9 Å². The van der Waals surface area contributed by atoms with Crippen molar-refractivity contribution in [2.75, 3.05) is 19.7 Å². The highest BCUT2D eigenvalue weighted by Gasteiger charge is 2.19. The zero-order chi connectivity index (χ0) is 24.2. The van der Waals surface area contributed by atoms with Crippen molar-refractivity contribution in [2.24, 2.45) is 22.4 Å². The number of nitrogens with two attached hydrogens (primary N) is 2. The smallest absolute Gasteiger partial charge is 0.437 e. The van der Waals surface area contributed by atoms with Crippen LogP contribution in [0.2, 0.25) is 0 Å². The fourth-order valence-corrected chi connectivity index (χ4v) is 3.14. The van der Waals surface area contributed by atoms with Crippen molar-refractivity contribution >= 4 is 18.5 Å². The lowest BCUT2D eigenvalue weighted by atomic mass is 9.98. The molecule has 0 spiro atoms. The van der Waals surface area contributed by atoms with Gasteiger partial charge in [0.15, 0.2) is 5.96 Å². The SMILES string of the molecule is CC.NC(N)=NC(=O)OCc1cccc(-c2cnc(OCC3CCN(C=O)CC3)nc2)c1F. The maximum Gasteiger partial charge on any atom is 0.437 e. The summed E-state index contributed by atoms with van der Waals surface area (Å²) in [5.74, 6) is -0.681. The Morgan fingerprint density at radius 3 is 2.52 bits per heavy atom. The first kappa shape index (κ1) is 25.5. The first-order valence-corrected chi connectivity index (χ1v) is 10.6. The number of amides is 2. The number of aliphatic imine (C=N–C) groups is 1. The van der Waals surface area contributed by atoms with E-state index in [0.29, 0.717) is 31.2 Å². The molecule has 2 heterocycles. The van der Waals surface area contributed by atoms with E-state index in [-0.39, 0.29) is 23.7 Å². The van der Waals surface area contributed by atoms with Crippen LogP contribution >= 0.6 is 0 Å². The molecule has 0 aliphatic carbocycles. The average Bonchev–Trinajstić information content (AvgIpc) is 2.84. The molecule has 2 amide bonds. The van der Waals surface area contributed by atoms with E-state index in [1.54, 1.807) is 17.0 Å². The molecule has 1 fully saturated rings. The Balaban J connectivity index is 0.00000187. The van der Waals surface area contributed by atoms with Crippen LogP contribution < -0.4 is 16.2 Å². The van der Waals surface area contributed by atoms with E-state index in [9.17, 15) is 14.0 Å². The minimum Gasteiger partial charge on any atom is -0.463 e. The second kappa shape index (κ2) is 12.9. The number of piperidine rings is 1. The number of guanidine groups is 1. The van der Waals surface area contributed by atoms with Gasteiger partial charge in [0.05, 0.1) is 6.61 Å². The monoisotopic (exact) mass is 460 g/mol. The molecule has 0 radical (unpaired) electrons. The number of benzene rings is 1. The van der Waals surface area contributed by atoms with Crippen LogP contribution in [0.15, 0.2) is 35.6 Å². The number of nitrogens with zero attached hydrogens (tertiary/aromatic N) is 4. The molecule has 0 atom stereocenters. The number of carbonyl (C=O) groups is 2. The number of aromatic nitrogens is 2. The largest absolute Gasteiger partial charge is 0.463 e. The van der Waals surface area contributed by atoms with Crippen molar-refractivity contribution in [3.8, 4) is 17.1 Å². The lowest BCUT2D eigenvalue weighted by Crippen LogP contribution is -2.34. The van der Waals surface area contributed by atoms with Gasteiger partial charge in [-0.05, 0) is 18.8 Å². The molecule has 0 unspecified atom stereocenters. The molecular weight excluding hydrogens is 431 g/mol. The van der Waals surface area contributed by atoms with Gasteiger partial charge in [0.25, 0.3) is 0 Å². The van der Waals surface area contributed by atoms with Crippen molar-refractivity contribution in [2.45, 2.75) is 33.3 Å². The summed E-state index contributed by atoms with van der Waals surface area (Å²) in [4.78, 5) is 35.4. The summed E-state index contributed by atoms with van der Waals surface area (Å²) in [5, 5.41) is 0. The summed E-state index contributed by atoms with van der Waals surface area (Å²) in [6, 6.07) is 4.87. The summed E-state index contributed by atoms with van der Waals surface area (Å²) in [7, 11) is 0. The standard InChI is InChI=1S/C20H23FN6O4.C2H6/c21-17-14(11-31-20(29)26-18(22)23)2-1-3-16(17)15-8-24-19(25-9-15)30-10-13-4-6-27(12-28)7-5-13;1-2/h1-3,8-9,12-13H,4-7,10-11H2,(H4,22,23,26,29);1-2H3. The summed E-state index contributed by atoms with van der Waals surface area (Å²) in [6.07, 6.45) is 4.51. The highest BCUT2D eigenvalue weighted by atomic mass is 19.1. The highest BCUT2D eigenvalue weighted by Crippen LogP contribution is 2.25. The average molecular weight is 461 g/mol. The molecule has 2 aromatic rings. The summed E-state index contributed by atoms with van der Waals surface area (Å²) >= 11 is 0. The fraction of sp³-hybridized carbons (Fsp3) is 0.409. The van der Waals surface area contributed by atoms with Gasteiger partial charge in [-0.25, -0.2) is 19.2 Å². The van der Waals surface area contributed by atoms with Gasteiger partial charge >= 0.3 is 12.1 Å². The third-order valence-electron chi connectivity index (χ3n) is 4.84. The number of likely N-dealkylation sites (tertiary alicyclic amines) is 1. The Morgan fingerprint density at radius 2 is 1.91 bits per heavy atom.